The highest BCUT2D eigenvalue weighted by atomic mass is 15.4. The average Bonchev–Trinajstić information content (AvgIpc) is 2.77. The van der Waals surface area contributed by atoms with Crippen molar-refractivity contribution >= 4 is 0 Å². The molecule has 0 spiro atoms. The quantitative estimate of drug-likeness (QED) is 0.375. The molecule has 0 N–H and O–H groups in total. The predicted molar refractivity (Wildman–Crippen MR) is 63.7 cm³/mol. The number of likely N-dealkylation sites (tertiary alicyclic amines) is 1. The molecular formula is C13H26N2. The molecule has 0 aliphatic carbocycles. The third kappa shape index (κ3) is 5.18. The van der Waals surface area contributed by atoms with Crippen molar-refractivity contribution in [1.29, 1.82) is 5.26 Å². The molecule has 0 bridgehead atoms. The molecule has 0 aromatic rings. The summed E-state index contributed by atoms with van der Waals surface area (Å²) in [5.74, 6) is 0. The number of hydrogen-bond donors (Lipinski definition) is 0. The van der Waals surface area contributed by atoms with Gasteiger partial charge in [-0.2, -0.15) is 0 Å². The summed E-state index contributed by atoms with van der Waals surface area (Å²) in [4.78, 5) is 0. The summed E-state index contributed by atoms with van der Waals surface area (Å²) in [6.07, 6.45) is 8.66. The van der Waals surface area contributed by atoms with Crippen LogP contribution in [0.15, 0.2) is 0 Å². The molecule has 0 amide bonds. The second kappa shape index (κ2) is 8.73. The van der Waals surface area contributed by atoms with Crippen molar-refractivity contribution in [3.05, 3.63) is 6.57 Å². The Labute approximate surface area is 95.5 Å². The van der Waals surface area contributed by atoms with Crippen LogP contribution in [-0.2, 0) is 0 Å². The average molecular weight is 210 g/mol. The summed E-state index contributed by atoms with van der Waals surface area (Å²) < 4.78 is 1.43. The van der Waals surface area contributed by atoms with Crippen molar-refractivity contribution in [3.8, 4) is 0 Å². The predicted octanol–water partition coefficient (Wildman–Crippen LogP) is 3.29. The first-order valence-corrected chi connectivity index (χ1v) is 6.40. The van der Waals surface area contributed by atoms with Crippen molar-refractivity contribution in [3.63, 3.8) is 0 Å². The Morgan fingerprint density at radius 1 is 1.00 bits per heavy atom. The summed E-state index contributed by atoms with van der Waals surface area (Å²) in [5, 5.41) is 6.25. The molecule has 1 aliphatic heterocycles. The second-order valence-electron chi connectivity index (χ2n) is 4.60. The van der Waals surface area contributed by atoms with Crippen LogP contribution in [0.25, 0.3) is 0 Å². The monoisotopic (exact) mass is 210 g/mol. The van der Waals surface area contributed by atoms with Gasteiger partial charge in [0.15, 0.2) is 0 Å². The van der Waals surface area contributed by atoms with Crippen LogP contribution in [0.4, 0.5) is 0 Å². The highest BCUT2D eigenvalue weighted by Gasteiger charge is 2.28. The molecule has 0 aromatic heterocycles. The standard InChI is InChI=1S/C12H26N.CN/c1-3-5-6-7-10-13(4-2)11-8-9-12-13;1-2/h3-12H2,1-2H3;/q+1;-1. The zero-order valence-corrected chi connectivity index (χ0v) is 10.5. The molecular weight excluding hydrogens is 184 g/mol. The molecule has 0 saturated carbocycles. The molecule has 0 atom stereocenters. The molecule has 1 rings (SSSR count). The van der Waals surface area contributed by atoms with Crippen molar-refractivity contribution in [2.45, 2.75) is 52.4 Å². The minimum atomic E-state index is 1.37. The van der Waals surface area contributed by atoms with Gasteiger partial charge in [-0.05, 0) is 19.8 Å². The smallest absolute Gasteiger partial charge is 0.0788 e. The van der Waals surface area contributed by atoms with Gasteiger partial charge >= 0.3 is 0 Å². The minimum absolute atomic E-state index is 1.37. The summed E-state index contributed by atoms with van der Waals surface area (Å²) in [7, 11) is 0. The summed E-state index contributed by atoms with van der Waals surface area (Å²) >= 11 is 0. The molecule has 0 aromatic carbocycles. The fourth-order valence-corrected chi connectivity index (χ4v) is 2.58. The van der Waals surface area contributed by atoms with Crippen LogP contribution in [0.3, 0.4) is 0 Å². The Morgan fingerprint density at radius 3 is 2.07 bits per heavy atom. The summed E-state index contributed by atoms with van der Waals surface area (Å²) in [5.41, 5.74) is 0. The van der Waals surface area contributed by atoms with Gasteiger partial charge < -0.3 is 16.3 Å². The van der Waals surface area contributed by atoms with Crippen molar-refractivity contribution in [1.82, 2.24) is 0 Å². The van der Waals surface area contributed by atoms with Crippen LogP contribution in [0.2, 0.25) is 0 Å². The van der Waals surface area contributed by atoms with E-state index < -0.39 is 0 Å². The molecule has 1 fully saturated rings. The third-order valence-corrected chi connectivity index (χ3v) is 3.67. The van der Waals surface area contributed by atoms with Crippen LogP contribution in [0, 0.1) is 11.8 Å². The summed E-state index contributed by atoms with van der Waals surface area (Å²) in [6.45, 7) is 15.2. The molecule has 0 unspecified atom stereocenters. The maximum atomic E-state index is 6.25. The van der Waals surface area contributed by atoms with Gasteiger partial charge in [0.25, 0.3) is 0 Å². The van der Waals surface area contributed by atoms with E-state index in [9.17, 15) is 0 Å². The van der Waals surface area contributed by atoms with Crippen LogP contribution in [-0.4, -0.2) is 30.7 Å². The Morgan fingerprint density at radius 2 is 1.60 bits per heavy atom. The van der Waals surface area contributed by atoms with E-state index in [2.05, 4.69) is 13.8 Å². The largest absolute Gasteiger partial charge is 0.512 e. The number of hydrogen-bond acceptors (Lipinski definition) is 1. The molecule has 0 radical (unpaired) electrons. The van der Waals surface area contributed by atoms with E-state index in [1.165, 1.54) is 69.2 Å². The number of rotatable bonds is 6. The van der Waals surface area contributed by atoms with Crippen LogP contribution < -0.4 is 0 Å². The molecule has 2 heteroatoms. The Bertz CT molecular complexity index is 157. The van der Waals surface area contributed by atoms with Gasteiger partial charge in [0.2, 0.25) is 0 Å². The zero-order valence-electron chi connectivity index (χ0n) is 10.5. The third-order valence-electron chi connectivity index (χ3n) is 3.67. The van der Waals surface area contributed by atoms with E-state index in [0.717, 1.165) is 0 Å². The Balaban J connectivity index is 0.000000921. The Hall–Kier alpha value is -0.550. The Kier molecular flexibility index (Phi) is 8.41. The first-order chi connectivity index (χ1) is 7.33. The topological polar surface area (TPSA) is 23.8 Å². The molecule has 1 saturated heterocycles. The van der Waals surface area contributed by atoms with E-state index >= 15 is 0 Å². The lowest BCUT2D eigenvalue weighted by Gasteiger charge is -2.33. The maximum Gasteiger partial charge on any atom is 0.0788 e. The van der Waals surface area contributed by atoms with Gasteiger partial charge in [-0.1, -0.05) is 19.8 Å². The van der Waals surface area contributed by atoms with E-state index in [1.54, 1.807) is 0 Å². The van der Waals surface area contributed by atoms with E-state index in [0.29, 0.717) is 0 Å². The highest BCUT2D eigenvalue weighted by molar-refractivity contribution is 4.54. The van der Waals surface area contributed by atoms with Gasteiger partial charge in [-0.25, -0.2) is 0 Å². The van der Waals surface area contributed by atoms with Gasteiger partial charge in [0.1, 0.15) is 0 Å². The first kappa shape index (κ1) is 14.5. The van der Waals surface area contributed by atoms with Crippen LogP contribution >= 0.6 is 0 Å². The zero-order chi connectivity index (χ0) is 11.6. The lowest BCUT2D eigenvalue weighted by atomic mass is 10.2. The summed E-state index contributed by atoms with van der Waals surface area (Å²) in [6, 6.07) is 0. The molecule has 88 valence electrons. The minimum Gasteiger partial charge on any atom is -0.512 e. The molecule has 15 heavy (non-hydrogen) atoms. The highest BCUT2D eigenvalue weighted by Crippen LogP contribution is 2.20. The van der Waals surface area contributed by atoms with Gasteiger partial charge in [0, 0.05) is 12.8 Å². The van der Waals surface area contributed by atoms with Crippen LogP contribution in [0.1, 0.15) is 52.4 Å². The van der Waals surface area contributed by atoms with E-state index in [4.69, 9.17) is 11.8 Å². The lowest BCUT2D eigenvalue weighted by Crippen LogP contribution is -2.45. The molecule has 1 aliphatic rings. The van der Waals surface area contributed by atoms with E-state index in [-0.39, 0.29) is 0 Å². The number of quaternary nitrogens is 1. The van der Waals surface area contributed by atoms with Crippen molar-refractivity contribution in [2.24, 2.45) is 0 Å². The van der Waals surface area contributed by atoms with Crippen molar-refractivity contribution < 1.29 is 4.48 Å². The SMILES string of the molecule is CCCCCC[N+]1(CC)CCCC1.[C-]#N. The first-order valence-electron chi connectivity index (χ1n) is 6.40. The fraction of sp³-hybridized carbons (Fsp3) is 0.923. The van der Waals surface area contributed by atoms with Crippen LogP contribution in [0.5, 0.6) is 0 Å². The van der Waals surface area contributed by atoms with Gasteiger partial charge in [0.05, 0.1) is 26.2 Å². The lowest BCUT2D eigenvalue weighted by molar-refractivity contribution is -0.915. The molecule has 1 heterocycles. The van der Waals surface area contributed by atoms with E-state index in [1.807, 2.05) is 0 Å². The van der Waals surface area contributed by atoms with Gasteiger partial charge in [-0.15, -0.1) is 0 Å². The van der Waals surface area contributed by atoms with Gasteiger partial charge in [-0.3, -0.25) is 0 Å². The fourth-order valence-electron chi connectivity index (χ4n) is 2.58. The maximum absolute atomic E-state index is 6.25. The molecule has 2 nitrogen and oxygen atoms in total. The van der Waals surface area contributed by atoms with Crippen molar-refractivity contribution in [2.75, 3.05) is 26.2 Å². The number of unbranched alkanes of at least 4 members (excludes halogenated alkanes) is 3. The normalized spacial score (nSPS) is 18.1. The number of nitrogens with zero attached hydrogens (tertiary/aromatic N) is 2. The second-order valence-corrected chi connectivity index (χ2v) is 4.60.